The van der Waals surface area contributed by atoms with E-state index < -0.39 is 4.92 Å². The Morgan fingerprint density at radius 2 is 2.18 bits per heavy atom. The van der Waals surface area contributed by atoms with E-state index in [-0.39, 0.29) is 11.6 Å². The highest BCUT2D eigenvalue weighted by atomic mass is 16.6. The highest BCUT2D eigenvalue weighted by Gasteiger charge is 2.10. The van der Waals surface area contributed by atoms with Gasteiger partial charge in [0.05, 0.1) is 10.6 Å². The molecular formula is C15H18N4O3. The molecule has 1 amide bonds. The van der Waals surface area contributed by atoms with E-state index in [0.717, 1.165) is 19.3 Å². The van der Waals surface area contributed by atoms with Crippen molar-refractivity contribution in [3.63, 3.8) is 0 Å². The van der Waals surface area contributed by atoms with Crippen LogP contribution in [0.25, 0.3) is 11.3 Å². The van der Waals surface area contributed by atoms with Crippen molar-refractivity contribution in [2.24, 2.45) is 0 Å². The summed E-state index contributed by atoms with van der Waals surface area (Å²) in [6, 6.07) is 7.90. The first kappa shape index (κ1) is 15.7. The van der Waals surface area contributed by atoms with E-state index in [0.29, 0.717) is 23.5 Å². The molecule has 1 aromatic carbocycles. The van der Waals surface area contributed by atoms with Crippen molar-refractivity contribution in [1.82, 2.24) is 10.2 Å². The number of carbonyl (C=O) groups is 1. The Morgan fingerprint density at radius 1 is 1.36 bits per heavy atom. The SMILES string of the molecule is CCCCCC(=O)Nc1cc(-c2cccc([N+](=O)[O-])c2)[nH]n1. The molecule has 0 aliphatic rings. The van der Waals surface area contributed by atoms with Crippen LogP contribution < -0.4 is 5.32 Å². The average Bonchev–Trinajstić information content (AvgIpc) is 2.96. The summed E-state index contributed by atoms with van der Waals surface area (Å²) in [5.74, 6) is 0.341. The van der Waals surface area contributed by atoms with Crippen LogP contribution in [0.4, 0.5) is 11.5 Å². The number of unbranched alkanes of at least 4 members (excludes halogenated alkanes) is 2. The van der Waals surface area contributed by atoms with E-state index in [9.17, 15) is 14.9 Å². The number of non-ortho nitro benzene ring substituents is 1. The van der Waals surface area contributed by atoms with Crippen LogP contribution in [-0.4, -0.2) is 21.0 Å². The quantitative estimate of drug-likeness (QED) is 0.464. The van der Waals surface area contributed by atoms with E-state index in [1.54, 1.807) is 18.2 Å². The van der Waals surface area contributed by atoms with Crippen molar-refractivity contribution in [2.45, 2.75) is 32.6 Å². The summed E-state index contributed by atoms with van der Waals surface area (Å²) >= 11 is 0. The number of anilines is 1. The lowest BCUT2D eigenvalue weighted by molar-refractivity contribution is -0.384. The van der Waals surface area contributed by atoms with E-state index in [1.165, 1.54) is 12.1 Å². The number of carbonyl (C=O) groups excluding carboxylic acids is 1. The number of nitrogens with zero attached hydrogens (tertiary/aromatic N) is 2. The number of aromatic amines is 1. The minimum Gasteiger partial charge on any atom is -0.309 e. The minimum absolute atomic E-state index is 0.0113. The Bertz CT molecular complexity index is 666. The zero-order valence-electron chi connectivity index (χ0n) is 12.3. The molecule has 2 aromatic rings. The van der Waals surface area contributed by atoms with Crippen molar-refractivity contribution in [1.29, 1.82) is 0 Å². The molecule has 0 unspecified atom stereocenters. The lowest BCUT2D eigenvalue weighted by Gasteiger charge is -2.00. The van der Waals surface area contributed by atoms with E-state index in [1.807, 2.05) is 0 Å². The number of hydrogen-bond donors (Lipinski definition) is 2. The van der Waals surface area contributed by atoms with Gasteiger partial charge in [-0.3, -0.25) is 20.0 Å². The second-order valence-electron chi connectivity index (χ2n) is 4.98. The molecule has 2 rings (SSSR count). The lowest BCUT2D eigenvalue weighted by Crippen LogP contribution is -2.11. The largest absolute Gasteiger partial charge is 0.309 e. The standard InChI is InChI=1S/C15H18N4O3/c1-2-3-4-8-15(20)16-14-10-13(17-18-14)11-6-5-7-12(9-11)19(21)22/h5-7,9-10H,2-4,8H2,1H3,(H2,16,17,18,20). The third kappa shape index (κ3) is 4.15. The van der Waals surface area contributed by atoms with Crippen molar-refractivity contribution in [2.75, 3.05) is 5.32 Å². The first-order chi connectivity index (χ1) is 10.6. The summed E-state index contributed by atoms with van der Waals surface area (Å²) in [6.07, 6.45) is 3.40. The van der Waals surface area contributed by atoms with E-state index in [2.05, 4.69) is 22.4 Å². The van der Waals surface area contributed by atoms with Gasteiger partial charge in [0.25, 0.3) is 5.69 Å². The number of H-pyrrole nitrogens is 1. The zero-order valence-corrected chi connectivity index (χ0v) is 12.3. The van der Waals surface area contributed by atoms with Gasteiger partial charge in [-0.2, -0.15) is 5.10 Å². The fourth-order valence-corrected chi connectivity index (χ4v) is 2.06. The number of benzene rings is 1. The number of nitro benzene ring substituents is 1. The first-order valence-corrected chi connectivity index (χ1v) is 7.20. The third-order valence-electron chi connectivity index (χ3n) is 3.22. The molecule has 1 heterocycles. The lowest BCUT2D eigenvalue weighted by atomic mass is 10.1. The molecule has 0 bridgehead atoms. The van der Waals surface area contributed by atoms with Crippen molar-refractivity contribution < 1.29 is 9.72 Å². The molecule has 0 spiro atoms. The number of rotatable bonds is 7. The van der Waals surface area contributed by atoms with E-state index >= 15 is 0 Å². The summed E-state index contributed by atoms with van der Waals surface area (Å²) in [6.45, 7) is 2.08. The van der Waals surface area contributed by atoms with E-state index in [4.69, 9.17) is 0 Å². The molecule has 0 radical (unpaired) electrons. The number of hydrogen-bond acceptors (Lipinski definition) is 4. The molecule has 22 heavy (non-hydrogen) atoms. The van der Waals surface area contributed by atoms with Gasteiger partial charge in [0.2, 0.25) is 5.91 Å². The molecule has 0 fully saturated rings. The summed E-state index contributed by atoms with van der Waals surface area (Å²) < 4.78 is 0. The van der Waals surface area contributed by atoms with Crippen LogP contribution in [0, 0.1) is 10.1 Å². The summed E-state index contributed by atoms with van der Waals surface area (Å²) in [7, 11) is 0. The van der Waals surface area contributed by atoms with Gasteiger partial charge in [-0.15, -0.1) is 0 Å². The van der Waals surface area contributed by atoms with Crippen LogP contribution in [0.3, 0.4) is 0 Å². The normalized spacial score (nSPS) is 10.4. The van der Waals surface area contributed by atoms with Gasteiger partial charge in [-0.05, 0) is 6.42 Å². The van der Waals surface area contributed by atoms with Gasteiger partial charge in [0.1, 0.15) is 0 Å². The molecule has 7 nitrogen and oxygen atoms in total. The van der Waals surface area contributed by atoms with Crippen LogP contribution in [0.1, 0.15) is 32.6 Å². The fourth-order valence-electron chi connectivity index (χ4n) is 2.06. The van der Waals surface area contributed by atoms with Crippen molar-refractivity contribution in [3.8, 4) is 11.3 Å². The molecule has 2 N–H and O–H groups in total. The highest BCUT2D eigenvalue weighted by Crippen LogP contribution is 2.23. The smallest absolute Gasteiger partial charge is 0.270 e. The Hall–Kier alpha value is -2.70. The predicted molar refractivity (Wildman–Crippen MR) is 83.4 cm³/mol. The highest BCUT2D eigenvalue weighted by molar-refractivity contribution is 5.90. The number of amides is 1. The maximum Gasteiger partial charge on any atom is 0.270 e. The Balaban J connectivity index is 2.03. The molecule has 1 aromatic heterocycles. The predicted octanol–water partition coefficient (Wildman–Crippen LogP) is 3.50. The van der Waals surface area contributed by atoms with Gasteiger partial charge in [0.15, 0.2) is 5.82 Å². The van der Waals surface area contributed by atoms with Gasteiger partial charge in [0, 0.05) is 30.2 Å². The van der Waals surface area contributed by atoms with Crippen LogP contribution in [0.2, 0.25) is 0 Å². The second kappa shape index (κ2) is 7.35. The summed E-state index contributed by atoms with van der Waals surface area (Å²) in [5, 5.41) is 20.3. The van der Waals surface area contributed by atoms with Crippen LogP contribution >= 0.6 is 0 Å². The Labute approximate surface area is 127 Å². The summed E-state index contributed by atoms with van der Waals surface area (Å²) in [4.78, 5) is 22.1. The molecular weight excluding hydrogens is 284 g/mol. The molecule has 0 aliphatic carbocycles. The average molecular weight is 302 g/mol. The molecule has 0 aliphatic heterocycles. The molecule has 116 valence electrons. The number of aromatic nitrogens is 2. The molecule has 0 saturated carbocycles. The van der Waals surface area contributed by atoms with Gasteiger partial charge in [-0.25, -0.2) is 0 Å². The monoisotopic (exact) mass is 302 g/mol. The molecule has 0 atom stereocenters. The van der Waals surface area contributed by atoms with Crippen molar-refractivity contribution in [3.05, 3.63) is 40.4 Å². The van der Waals surface area contributed by atoms with Gasteiger partial charge >= 0.3 is 0 Å². The Morgan fingerprint density at radius 3 is 2.91 bits per heavy atom. The molecule has 7 heteroatoms. The van der Waals surface area contributed by atoms with Crippen LogP contribution in [0.15, 0.2) is 30.3 Å². The van der Waals surface area contributed by atoms with Crippen LogP contribution in [0.5, 0.6) is 0 Å². The topological polar surface area (TPSA) is 101 Å². The van der Waals surface area contributed by atoms with Crippen molar-refractivity contribution >= 4 is 17.4 Å². The number of nitro groups is 1. The van der Waals surface area contributed by atoms with Gasteiger partial charge < -0.3 is 5.32 Å². The fraction of sp³-hybridized carbons (Fsp3) is 0.333. The summed E-state index contributed by atoms with van der Waals surface area (Å²) in [5.41, 5.74) is 1.28. The third-order valence-corrected chi connectivity index (χ3v) is 3.22. The maximum atomic E-state index is 11.7. The maximum absolute atomic E-state index is 11.7. The minimum atomic E-state index is -0.448. The second-order valence-corrected chi connectivity index (χ2v) is 4.98. The van der Waals surface area contributed by atoms with Gasteiger partial charge in [-0.1, -0.05) is 31.9 Å². The Kier molecular flexibility index (Phi) is 5.24. The molecule has 0 saturated heterocycles. The van der Waals surface area contributed by atoms with Crippen LogP contribution in [-0.2, 0) is 4.79 Å². The zero-order chi connectivity index (χ0) is 15.9. The first-order valence-electron chi connectivity index (χ1n) is 7.20. The number of nitrogens with one attached hydrogen (secondary N) is 2.